The Balaban J connectivity index is 2.53. The van der Waals surface area contributed by atoms with Crippen LogP contribution in [0, 0.1) is 6.92 Å². The number of Topliss-reactive ketones (excluding diaryl/α,β-unsaturated/α-hetero) is 1. The van der Waals surface area contributed by atoms with Crippen LogP contribution in [0.2, 0.25) is 0 Å². The highest BCUT2D eigenvalue weighted by Crippen LogP contribution is 2.22. The molecule has 5 heteroatoms. The molecule has 1 aromatic carbocycles. The third kappa shape index (κ3) is 2.61. The lowest BCUT2D eigenvalue weighted by atomic mass is 10.1. The number of carbonyl (C=O) groups excluding carboxylic acids is 1. The van der Waals surface area contributed by atoms with Crippen LogP contribution in [-0.4, -0.2) is 20.8 Å². The van der Waals surface area contributed by atoms with E-state index in [1.54, 1.807) is 4.68 Å². The van der Waals surface area contributed by atoms with E-state index in [1.807, 2.05) is 39.0 Å². The molecule has 1 heterocycles. The molecule has 0 atom stereocenters. The SMILES string of the molecule is CCC(=O)c1nnn(-c2ccc(C)c(Br)c2)c1CC. The van der Waals surface area contributed by atoms with Gasteiger partial charge in [0.1, 0.15) is 0 Å². The topological polar surface area (TPSA) is 47.8 Å². The van der Waals surface area contributed by atoms with E-state index in [4.69, 9.17) is 0 Å². The van der Waals surface area contributed by atoms with Gasteiger partial charge in [0.15, 0.2) is 11.5 Å². The summed E-state index contributed by atoms with van der Waals surface area (Å²) in [6.45, 7) is 5.87. The van der Waals surface area contributed by atoms with Gasteiger partial charge in [-0.05, 0) is 31.0 Å². The van der Waals surface area contributed by atoms with Gasteiger partial charge in [-0.2, -0.15) is 0 Å². The Bertz CT molecular complexity index is 619. The van der Waals surface area contributed by atoms with Gasteiger partial charge in [-0.25, -0.2) is 4.68 Å². The molecule has 4 nitrogen and oxygen atoms in total. The van der Waals surface area contributed by atoms with Crippen LogP contribution in [0.15, 0.2) is 22.7 Å². The second kappa shape index (κ2) is 5.65. The molecule has 0 amide bonds. The molecular weight excluding hydrogens is 306 g/mol. The van der Waals surface area contributed by atoms with Gasteiger partial charge < -0.3 is 0 Å². The second-order valence-electron chi connectivity index (χ2n) is 4.36. The predicted octanol–water partition coefficient (Wildman–Crippen LogP) is 3.49. The molecule has 2 rings (SSSR count). The number of hydrogen-bond acceptors (Lipinski definition) is 3. The Morgan fingerprint density at radius 2 is 2.11 bits per heavy atom. The van der Waals surface area contributed by atoms with Crippen LogP contribution < -0.4 is 0 Å². The quantitative estimate of drug-likeness (QED) is 0.810. The Morgan fingerprint density at radius 1 is 1.37 bits per heavy atom. The Kier molecular flexibility index (Phi) is 4.14. The summed E-state index contributed by atoms with van der Waals surface area (Å²) in [6, 6.07) is 5.99. The van der Waals surface area contributed by atoms with Crippen molar-refractivity contribution in [3.8, 4) is 5.69 Å². The Hall–Kier alpha value is -1.49. The highest BCUT2D eigenvalue weighted by Gasteiger charge is 2.17. The molecule has 0 saturated carbocycles. The minimum Gasteiger partial charge on any atom is -0.292 e. The summed E-state index contributed by atoms with van der Waals surface area (Å²) in [5, 5.41) is 8.16. The Labute approximate surface area is 121 Å². The molecule has 0 aliphatic heterocycles. The van der Waals surface area contributed by atoms with Crippen molar-refractivity contribution >= 4 is 21.7 Å². The van der Waals surface area contributed by atoms with Crippen molar-refractivity contribution in [1.29, 1.82) is 0 Å². The monoisotopic (exact) mass is 321 g/mol. The van der Waals surface area contributed by atoms with Crippen molar-refractivity contribution < 1.29 is 4.79 Å². The maximum absolute atomic E-state index is 11.8. The van der Waals surface area contributed by atoms with Crippen LogP contribution in [0.3, 0.4) is 0 Å². The van der Waals surface area contributed by atoms with Crippen molar-refractivity contribution in [2.24, 2.45) is 0 Å². The lowest BCUT2D eigenvalue weighted by molar-refractivity contribution is 0.0982. The molecule has 19 heavy (non-hydrogen) atoms. The zero-order valence-corrected chi connectivity index (χ0v) is 12.9. The molecule has 0 saturated heterocycles. The minimum absolute atomic E-state index is 0.0364. The molecule has 0 bridgehead atoms. The fourth-order valence-corrected chi connectivity index (χ4v) is 2.29. The predicted molar refractivity (Wildman–Crippen MR) is 77.8 cm³/mol. The van der Waals surface area contributed by atoms with Gasteiger partial charge in [0.25, 0.3) is 0 Å². The summed E-state index contributed by atoms with van der Waals surface area (Å²) >= 11 is 3.51. The zero-order valence-electron chi connectivity index (χ0n) is 11.3. The molecule has 0 N–H and O–H groups in total. The summed E-state index contributed by atoms with van der Waals surface area (Å²) in [7, 11) is 0. The van der Waals surface area contributed by atoms with Gasteiger partial charge >= 0.3 is 0 Å². The number of ketones is 1. The summed E-state index contributed by atoms with van der Waals surface area (Å²) in [5.41, 5.74) is 3.42. The normalized spacial score (nSPS) is 10.7. The largest absolute Gasteiger partial charge is 0.292 e. The average Bonchev–Trinajstić information content (AvgIpc) is 2.84. The fraction of sp³-hybridized carbons (Fsp3) is 0.357. The van der Waals surface area contributed by atoms with Gasteiger partial charge in [-0.15, -0.1) is 5.10 Å². The van der Waals surface area contributed by atoms with E-state index in [1.165, 1.54) is 0 Å². The van der Waals surface area contributed by atoms with Crippen molar-refractivity contribution in [2.45, 2.75) is 33.6 Å². The first-order valence-corrected chi connectivity index (χ1v) is 7.12. The molecule has 2 aromatic rings. The first-order chi connectivity index (χ1) is 9.08. The number of nitrogens with zero attached hydrogens (tertiary/aromatic N) is 3. The van der Waals surface area contributed by atoms with E-state index >= 15 is 0 Å². The lowest BCUT2D eigenvalue weighted by Gasteiger charge is -2.07. The summed E-state index contributed by atoms with van der Waals surface area (Å²) in [4.78, 5) is 11.8. The number of aryl methyl sites for hydroxylation is 1. The van der Waals surface area contributed by atoms with E-state index in [0.29, 0.717) is 12.1 Å². The molecule has 1 aromatic heterocycles. The van der Waals surface area contributed by atoms with Crippen LogP contribution >= 0.6 is 15.9 Å². The standard InChI is InChI=1S/C14H16BrN3O/c1-4-12-14(13(19)5-2)16-17-18(12)10-7-6-9(3)11(15)8-10/h6-8H,4-5H2,1-3H3. The number of hydrogen-bond donors (Lipinski definition) is 0. The van der Waals surface area contributed by atoms with Gasteiger partial charge in [-0.1, -0.05) is 41.1 Å². The maximum atomic E-state index is 11.8. The van der Waals surface area contributed by atoms with E-state index in [2.05, 4.69) is 26.2 Å². The van der Waals surface area contributed by atoms with Crippen LogP contribution in [0.25, 0.3) is 5.69 Å². The van der Waals surface area contributed by atoms with Crippen molar-refractivity contribution in [3.05, 3.63) is 39.6 Å². The number of aromatic nitrogens is 3. The number of halogens is 1. The summed E-state index contributed by atoms with van der Waals surface area (Å²) in [6.07, 6.45) is 1.17. The third-order valence-corrected chi connectivity index (χ3v) is 3.94. The number of rotatable bonds is 4. The molecule has 0 radical (unpaired) electrons. The van der Waals surface area contributed by atoms with Crippen LogP contribution in [-0.2, 0) is 6.42 Å². The van der Waals surface area contributed by atoms with Gasteiger partial charge in [-0.3, -0.25) is 4.79 Å². The van der Waals surface area contributed by atoms with Gasteiger partial charge in [0.2, 0.25) is 0 Å². The van der Waals surface area contributed by atoms with Crippen LogP contribution in [0.4, 0.5) is 0 Å². The zero-order chi connectivity index (χ0) is 14.0. The number of benzene rings is 1. The van der Waals surface area contributed by atoms with E-state index in [9.17, 15) is 4.79 Å². The Morgan fingerprint density at radius 3 is 2.68 bits per heavy atom. The second-order valence-corrected chi connectivity index (χ2v) is 5.21. The first kappa shape index (κ1) is 13.9. The van der Waals surface area contributed by atoms with Crippen molar-refractivity contribution in [3.63, 3.8) is 0 Å². The highest BCUT2D eigenvalue weighted by molar-refractivity contribution is 9.10. The smallest absolute Gasteiger partial charge is 0.184 e. The first-order valence-electron chi connectivity index (χ1n) is 6.32. The van der Waals surface area contributed by atoms with E-state index < -0.39 is 0 Å². The lowest BCUT2D eigenvalue weighted by Crippen LogP contribution is -2.06. The maximum Gasteiger partial charge on any atom is 0.184 e. The van der Waals surface area contributed by atoms with E-state index in [0.717, 1.165) is 27.8 Å². The summed E-state index contributed by atoms with van der Waals surface area (Å²) in [5.74, 6) is 0.0364. The van der Waals surface area contributed by atoms with Gasteiger partial charge in [0.05, 0.1) is 11.4 Å². The molecule has 0 spiro atoms. The van der Waals surface area contributed by atoms with Crippen LogP contribution in [0.5, 0.6) is 0 Å². The molecule has 100 valence electrons. The highest BCUT2D eigenvalue weighted by atomic mass is 79.9. The molecular formula is C14H16BrN3O. The molecule has 0 fully saturated rings. The summed E-state index contributed by atoms with van der Waals surface area (Å²) < 4.78 is 2.76. The fourth-order valence-electron chi connectivity index (χ4n) is 1.92. The van der Waals surface area contributed by atoms with Crippen LogP contribution in [0.1, 0.15) is 42.0 Å². The third-order valence-electron chi connectivity index (χ3n) is 3.08. The molecule has 0 unspecified atom stereocenters. The van der Waals surface area contributed by atoms with Gasteiger partial charge in [0, 0.05) is 10.9 Å². The minimum atomic E-state index is 0.0364. The van der Waals surface area contributed by atoms with E-state index in [-0.39, 0.29) is 5.78 Å². The molecule has 0 aliphatic rings. The van der Waals surface area contributed by atoms with Crippen molar-refractivity contribution in [1.82, 2.24) is 15.0 Å². The number of carbonyl (C=O) groups is 1. The average molecular weight is 322 g/mol. The van der Waals surface area contributed by atoms with Crippen molar-refractivity contribution in [2.75, 3.05) is 0 Å². The molecule has 0 aliphatic carbocycles.